The van der Waals surface area contributed by atoms with Crippen molar-refractivity contribution in [2.75, 3.05) is 12.4 Å². The molecule has 1 rings (SSSR count). The number of carbonyl (C=O) groups excluding carboxylic acids is 1. The maximum atomic E-state index is 13.0. The highest BCUT2D eigenvalue weighted by Crippen LogP contribution is 2.25. The first-order valence-electron chi connectivity index (χ1n) is 3.68. The topological polar surface area (TPSA) is 41.1 Å². The fraction of sp³-hybridized carbons (Fsp3) is 0.125. The van der Waals surface area contributed by atoms with E-state index in [1.807, 2.05) is 0 Å². The van der Waals surface area contributed by atoms with Crippen LogP contribution < -0.4 is 10.6 Å². The number of benzene rings is 1. The van der Waals surface area contributed by atoms with Gasteiger partial charge in [-0.3, -0.25) is 0 Å². The zero-order valence-corrected chi connectivity index (χ0v) is 7.95. The van der Waals surface area contributed by atoms with Gasteiger partial charge in [0, 0.05) is 13.1 Å². The van der Waals surface area contributed by atoms with Crippen molar-refractivity contribution < 1.29 is 13.6 Å². The summed E-state index contributed by atoms with van der Waals surface area (Å²) in [7, 11) is 1.37. The van der Waals surface area contributed by atoms with Crippen molar-refractivity contribution in [2.24, 2.45) is 0 Å². The smallest absolute Gasteiger partial charge is 0.319 e. The van der Waals surface area contributed by atoms with Gasteiger partial charge < -0.3 is 10.6 Å². The molecule has 0 aliphatic carbocycles. The van der Waals surface area contributed by atoms with E-state index >= 15 is 0 Å². The Hall–Kier alpha value is -1.36. The summed E-state index contributed by atoms with van der Waals surface area (Å²) in [6.07, 6.45) is 0. The largest absolute Gasteiger partial charge is 0.341 e. The summed E-state index contributed by atoms with van der Waals surface area (Å²) in [5, 5.41) is 4.16. The predicted octanol–water partition coefficient (Wildman–Crippen LogP) is 2.37. The Kier molecular flexibility index (Phi) is 3.24. The highest BCUT2D eigenvalue weighted by Gasteiger charge is 2.11. The predicted molar refractivity (Wildman–Crippen MR) is 49.4 cm³/mol. The standard InChI is InChI=1S/C8H7ClF2N2O/c1-12-8(14)13-7-5(9)2-4(10)3-6(7)11/h2-3H,1H3,(H2,12,13,14). The van der Waals surface area contributed by atoms with Gasteiger partial charge in [0.1, 0.15) is 5.82 Å². The van der Waals surface area contributed by atoms with E-state index in [1.54, 1.807) is 0 Å². The first-order chi connectivity index (χ1) is 6.54. The highest BCUT2D eigenvalue weighted by molar-refractivity contribution is 6.33. The Morgan fingerprint density at radius 1 is 1.43 bits per heavy atom. The highest BCUT2D eigenvalue weighted by atomic mass is 35.5. The van der Waals surface area contributed by atoms with Crippen LogP contribution in [-0.4, -0.2) is 13.1 Å². The van der Waals surface area contributed by atoms with Gasteiger partial charge in [0.15, 0.2) is 5.82 Å². The van der Waals surface area contributed by atoms with Gasteiger partial charge in [-0.15, -0.1) is 0 Å². The van der Waals surface area contributed by atoms with Gasteiger partial charge in [-0.05, 0) is 6.07 Å². The molecule has 14 heavy (non-hydrogen) atoms. The van der Waals surface area contributed by atoms with E-state index in [-0.39, 0.29) is 10.7 Å². The van der Waals surface area contributed by atoms with E-state index in [0.29, 0.717) is 6.07 Å². The van der Waals surface area contributed by atoms with E-state index < -0.39 is 17.7 Å². The number of urea groups is 1. The molecule has 0 aliphatic rings. The number of nitrogens with one attached hydrogen (secondary N) is 2. The second-order valence-corrected chi connectivity index (χ2v) is 2.86. The molecule has 0 radical (unpaired) electrons. The molecule has 1 aromatic rings. The SMILES string of the molecule is CNC(=O)Nc1c(F)cc(F)cc1Cl. The average Bonchev–Trinajstić information content (AvgIpc) is 2.10. The average molecular weight is 221 g/mol. The van der Waals surface area contributed by atoms with Gasteiger partial charge in [0.05, 0.1) is 10.7 Å². The van der Waals surface area contributed by atoms with Crippen LogP contribution in [0, 0.1) is 11.6 Å². The third-order valence-electron chi connectivity index (χ3n) is 1.47. The molecule has 0 aromatic heterocycles. The van der Waals surface area contributed by atoms with Gasteiger partial charge >= 0.3 is 6.03 Å². The van der Waals surface area contributed by atoms with E-state index in [9.17, 15) is 13.6 Å². The Labute approximate surface area is 84.1 Å². The molecule has 2 amide bonds. The van der Waals surface area contributed by atoms with Crippen LogP contribution in [0.5, 0.6) is 0 Å². The van der Waals surface area contributed by atoms with E-state index in [1.165, 1.54) is 7.05 Å². The lowest BCUT2D eigenvalue weighted by Crippen LogP contribution is -2.25. The molecule has 0 spiro atoms. The van der Waals surface area contributed by atoms with Gasteiger partial charge in [-0.2, -0.15) is 0 Å². The minimum absolute atomic E-state index is 0.189. The summed E-state index contributed by atoms with van der Waals surface area (Å²) in [4.78, 5) is 10.8. The van der Waals surface area contributed by atoms with Gasteiger partial charge in [-0.25, -0.2) is 13.6 Å². The molecule has 0 fully saturated rings. The maximum Gasteiger partial charge on any atom is 0.319 e. The Balaban J connectivity index is 3.02. The van der Waals surface area contributed by atoms with Crippen LogP contribution in [0.1, 0.15) is 0 Å². The first kappa shape index (κ1) is 10.7. The van der Waals surface area contributed by atoms with Gasteiger partial charge in [-0.1, -0.05) is 11.6 Å². The number of carbonyl (C=O) groups is 1. The summed E-state index contributed by atoms with van der Waals surface area (Å²) in [6, 6.07) is 0.921. The number of rotatable bonds is 1. The van der Waals surface area contributed by atoms with Crippen LogP contribution in [0.4, 0.5) is 19.3 Å². The molecule has 0 atom stereocenters. The zero-order valence-electron chi connectivity index (χ0n) is 7.20. The van der Waals surface area contributed by atoms with Crippen molar-refractivity contribution in [3.05, 3.63) is 28.8 Å². The summed E-state index contributed by atoms with van der Waals surface area (Å²) in [5.41, 5.74) is -0.243. The van der Waals surface area contributed by atoms with Crippen molar-refractivity contribution in [1.82, 2.24) is 5.32 Å². The molecule has 0 bridgehead atoms. The summed E-state index contributed by atoms with van der Waals surface area (Å²) in [6.45, 7) is 0. The van der Waals surface area contributed by atoms with E-state index in [4.69, 9.17) is 11.6 Å². The molecule has 0 aliphatic heterocycles. The second kappa shape index (κ2) is 4.23. The fourth-order valence-electron chi connectivity index (χ4n) is 0.838. The Morgan fingerprint density at radius 3 is 2.57 bits per heavy atom. The zero-order chi connectivity index (χ0) is 10.7. The molecule has 0 unspecified atom stereocenters. The molecule has 1 aromatic carbocycles. The Bertz CT molecular complexity index is 347. The fourth-order valence-corrected chi connectivity index (χ4v) is 1.08. The van der Waals surface area contributed by atoms with Crippen LogP contribution >= 0.6 is 11.6 Å². The van der Waals surface area contributed by atoms with Crippen LogP contribution in [0.2, 0.25) is 5.02 Å². The number of amides is 2. The van der Waals surface area contributed by atoms with Crippen LogP contribution in [0.15, 0.2) is 12.1 Å². The maximum absolute atomic E-state index is 13.0. The quantitative estimate of drug-likeness (QED) is 0.750. The van der Waals surface area contributed by atoms with E-state index in [0.717, 1.165) is 6.07 Å². The number of hydrogen-bond donors (Lipinski definition) is 2. The molecule has 0 saturated carbocycles. The van der Waals surface area contributed by atoms with Gasteiger partial charge in [0.25, 0.3) is 0 Å². The van der Waals surface area contributed by atoms with Gasteiger partial charge in [0.2, 0.25) is 0 Å². The van der Waals surface area contributed by atoms with Crippen molar-refractivity contribution in [1.29, 1.82) is 0 Å². The normalized spacial score (nSPS) is 9.71. The molecular formula is C8H7ClF2N2O. The van der Waals surface area contributed by atoms with Crippen molar-refractivity contribution in [3.8, 4) is 0 Å². The minimum atomic E-state index is -0.918. The summed E-state index contributed by atoms with van der Waals surface area (Å²) in [5.74, 6) is -1.71. The lowest BCUT2D eigenvalue weighted by molar-refractivity contribution is 0.254. The summed E-state index contributed by atoms with van der Waals surface area (Å²) >= 11 is 5.51. The van der Waals surface area contributed by atoms with Crippen molar-refractivity contribution in [3.63, 3.8) is 0 Å². The third kappa shape index (κ3) is 2.32. The molecule has 0 saturated heterocycles. The monoisotopic (exact) mass is 220 g/mol. The van der Waals surface area contributed by atoms with Crippen LogP contribution in [-0.2, 0) is 0 Å². The number of hydrogen-bond acceptors (Lipinski definition) is 1. The lowest BCUT2D eigenvalue weighted by Gasteiger charge is -2.07. The van der Waals surface area contributed by atoms with Crippen molar-refractivity contribution >= 4 is 23.3 Å². The molecule has 0 heterocycles. The first-order valence-corrected chi connectivity index (χ1v) is 4.05. The minimum Gasteiger partial charge on any atom is -0.341 e. The Morgan fingerprint density at radius 2 is 2.07 bits per heavy atom. The molecule has 76 valence electrons. The third-order valence-corrected chi connectivity index (χ3v) is 1.77. The van der Waals surface area contributed by atoms with Crippen LogP contribution in [0.25, 0.3) is 0 Å². The number of halogens is 3. The molecular weight excluding hydrogens is 214 g/mol. The molecule has 6 heteroatoms. The van der Waals surface area contributed by atoms with Crippen molar-refractivity contribution in [2.45, 2.75) is 0 Å². The van der Waals surface area contributed by atoms with E-state index in [2.05, 4.69) is 10.6 Å². The summed E-state index contributed by atoms with van der Waals surface area (Å²) < 4.78 is 25.6. The second-order valence-electron chi connectivity index (χ2n) is 2.45. The number of anilines is 1. The molecule has 3 nitrogen and oxygen atoms in total. The van der Waals surface area contributed by atoms with Crippen LogP contribution in [0.3, 0.4) is 0 Å². The lowest BCUT2D eigenvalue weighted by atomic mass is 10.3. The molecule has 2 N–H and O–H groups in total.